The molecule has 1 aliphatic heterocycles. The van der Waals surface area contributed by atoms with Crippen molar-refractivity contribution in [1.82, 2.24) is 24.8 Å². The molecule has 0 amide bonds. The molecule has 2 fully saturated rings. The Labute approximate surface area is 219 Å². The number of imidazole rings is 1. The third-order valence-corrected chi connectivity index (χ3v) is 7.19. The van der Waals surface area contributed by atoms with Gasteiger partial charge in [-0.15, -0.1) is 0 Å². The summed E-state index contributed by atoms with van der Waals surface area (Å²) in [6, 6.07) is 10.1. The summed E-state index contributed by atoms with van der Waals surface area (Å²) in [6.45, 7) is 1.96. The molecule has 0 spiro atoms. The fourth-order valence-corrected chi connectivity index (χ4v) is 5.09. The number of nitrogens with zero attached hydrogens (tertiary/aromatic N) is 4. The van der Waals surface area contributed by atoms with Gasteiger partial charge in [-0.1, -0.05) is 43.2 Å². The van der Waals surface area contributed by atoms with Crippen LogP contribution < -0.4 is 10.6 Å². The number of anilines is 1. The second-order valence-electron chi connectivity index (χ2n) is 9.43. The number of aliphatic hydroxyl groups is 2. The molecule has 1 aromatic carbocycles. The topological polar surface area (TPSA) is 127 Å². The first-order valence-electron chi connectivity index (χ1n) is 12.0. The minimum absolute atomic E-state index is 0.0503. The second-order valence-corrected chi connectivity index (χ2v) is 10.1. The molecule has 1 aliphatic carbocycles. The maximum atomic E-state index is 11.2. The van der Waals surface area contributed by atoms with E-state index in [1.807, 2.05) is 30.3 Å². The van der Waals surface area contributed by atoms with E-state index in [1.54, 1.807) is 4.57 Å². The number of benzene rings is 1. The van der Waals surface area contributed by atoms with Gasteiger partial charge in [-0.05, 0) is 49.1 Å². The molecule has 10 nitrogen and oxygen atoms in total. The number of aromatic nitrogens is 4. The summed E-state index contributed by atoms with van der Waals surface area (Å²) in [6.07, 6.45) is 2.88. The molecule has 12 heteroatoms. The molecule has 192 valence electrons. The van der Waals surface area contributed by atoms with E-state index in [1.165, 1.54) is 26.1 Å². The van der Waals surface area contributed by atoms with Gasteiger partial charge in [0.15, 0.2) is 23.2 Å². The third-order valence-electron chi connectivity index (χ3n) is 6.76. The predicted octanol–water partition coefficient (Wildman–Crippen LogP) is 2.93. The van der Waals surface area contributed by atoms with Gasteiger partial charge in [0.2, 0.25) is 5.28 Å². The van der Waals surface area contributed by atoms with Crippen molar-refractivity contribution in [2.24, 2.45) is 0 Å². The van der Waals surface area contributed by atoms with Crippen molar-refractivity contribution in [2.75, 3.05) is 11.9 Å². The largest absolute Gasteiger partial charge is 0.468 e. The van der Waals surface area contributed by atoms with E-state index in [0.29, 0.717) is 29.6 Å². The Morgan fingerprint density at radius 3 is 2.78 bits per heavy atom. The highest BCUT2D eigenvalue weighted by Gasteiger charge is 2.54. The number of hydrogen-bond acceptors (Lipinski definition) is 9. The van der Waals surface area contributed by atoms with E-state index in [9.17, 15) is 10.2 Å². The normalized spacial score (nSPS) is 26.4. The molecule has 3 aromatic rings. The number of rotatable bonds is 7. The fourth-order valence-electron chi connectivity index (χ4n) is 4.78. The summed E-state index contributed by atoms with van der Waals surface area (Å²) >= 11 is 11.5. The van der Waals surface area contributed by atoms with Crippen LogP contribution in [0.1, 0.15) is 44.4 Å². The maximum Gasteiger partial charge on any atom is 0.256 e. The molecular weight excluding hydrogens is 504 g/mol. The Morgan fingerprint density at radius 2 is 2.03 bits per heavy atom. The van der Waals surface area contributed by atoms with E-state index < -0.39 is 24.0 Å². The van der Waals surface area contributed by atoms with E-state index >= 15 is 0 Å². The number of ether oxygens (including phenoxy) is 2. The Hall–Kier alpha value is -2.57. The highest BCUT2D eigenvalue weighted by atomic mass is 35.5. The van der Waals surface area contributed by atoms with Crippen molar-refractivity contribution in [1.29, 1.82) is 0 Å². The Kier molecular flexibility index (Phi) is 7.27. The SMILES string of the molecule is C[C@@]1(O)[C@H](O)[C@@H](COC(=S)NCc2ccccc2)O[C@H]1n1cnc2c(NC3CCCC3)nc(Cl)nc21. The van der Waals surface area contributed by atoms with Crippen LogP contribution in [-0.2, 0) is 16.0 Å². The van der Waals surface area contributed by atoms with Crippen LogP contribution in [0.15, 0.2) is 36.7 Å². The van der Waals surface area contributed by atoms with Gasteiger partial charge < -0.3 is 30.3 Å². The van der Waals surface area contributed by atoms with Crippen molar-refractivity contribution in [3.63, 3.8) is 0 Å². The Balaban J connectivity index is 1.29. The van der Waals surface area contributed by atoms with E-state index in [0.717, 1.165) is 18.4 Å². The number of aliphatic hydroxyl groups excluding tert-OH is 1. The zero-order valence-corrected chi connectivity index (χ0v) is 21.4. The summed E-state index contributed by atoms with van der Waals surface area (Å²) in [7, 11) is 0. The molecule has 1 saturated heterocycles. The van der Waals surface area contributed by atoms with E-state index in [4.69, 9.17) is 33.3 Å². The van der Waals surface area contributed by atoms with Crippen LogP contribution in [0.25, 0.3) is 11.2 Å². The van der Waals surface area contributed by atoms with Crippen LogP contribution in [0.2, 0.25) is 5.28 Å². The first-order valence-corrected chi connectivity index (χ1v) is 12.8. The molecule has 1 saturated carbocycles. The third kappa shape index (κ3) is 5.12. The van der Waals surface area contributed by atoms with Crippen LogP contribution in [0.3, 0.4) is 0 Å². The van der Waals surface area contributed by atoms with Crippen LogP contribution in [0.4, 0.5) is 5.82 Å². The van der Waals surface area contributed by atoms with Crippen LogP contribution >= 0.6 is 23.8 Å². The first kappa shape index (κ1) is 25.1. The average molecular weight is 533 g/mol. The molecule has 0 bridgehead atoms. The summed E-state index contributed by atoms with van der Waals surface area (Å²) in [4.78, 5) is 13.1. The molecule has 36 heavy (non-hydrogen) atoms. The Morgan fingerprint density at radius 1 is 1.28 bits per heavy atom. The lowest BCUT2D eigenvalue weighted by Gasteiger charge is -2.27. The summed E-state index contributed by atoms with van der Waals surface area (Å²) in [5.74, 6) is 0.545. The standard InChI is InChI=1S/C24H29ClN6O4S/c1-24(33)18(32)16(12-34-23(36)26-11-14-7-3-2-4-8-14)35-21(24)31-13-27-17-19(28-15-9-5-6-10-15)29-22(25)30-20(17)31/h2-4,7-8,13,15-16,18,21,32-33H,5-6,9-12H2,1H3,(H,26,36)(H,28,29,30)/t16-,18-,21-,24-/m1/s1. The van der Waals surface area contributed by atoms with E-state index in [2.05, 4.69) is 25.6 Å². The monoisotopic (exact) mass is 532 g/mol. The molecule has 5 rings (SSSR count). The van der Waals surface area contributed by atoms with Crippen molar-refractivity contribution in [3.8, 4) is 0 Å². The fraction of sp³-hybridized carbons (Fsp3) is 0.500. The molecule has 3 heterocycles. The number of nitrogens with one attached hydrogen (secondary N) is 2. The smallest absolute Gasteiger partial charge is 0.256 e. The Bertz CT molecular complexity index is 1220. The zero-order valence-electron chi connectivity index (χ0n) is 19.8. The number of thiocarbonyl (C=S) groups is 1. The maximum absolute atomic E-state index is 11.2. The minimum Gasteiger partial charge on any atom is -0.468 e. The van der Waals surface area contributed by atoms with Crippen molar-refractivity contribution >= 4 is 46.0 Å². The van der Waals surface area contributed by atoms with Gasteiger partial charge in [0, 0.05) is 12.6 Å². The van der Waals surface area contributed by atoms with Crippen LogP contribution in [0, 0.1) is 0 Å². The lowest BCUT2D eigenvalue weighted by atomic mass is 9.96. The molecule has 0 unspecified atom stereocenters. The van der Waals surface area contributed by atoms with Gasteiger partial charge in [-0.25, -0.2) is 4.98 Å². The van der Waals surface area contributed by atoms with E-state index in [-0.39, 0.29) is 17.1 Å². The average Bonchev–Trinajstić information content (AvgIpc) is 3.57. The molecule has 2 aliphatic rings. The van der Waals surface area contributed by atoms with Crippen molar-refractivity contribution in [2.45, 2.75) is 69.2 Å². The summed E-state index contributed by atoms with van der Waals surface area (Å²) in [5.41, 5.74) is 0.316. The quantitative estimate of drug-likeness (QED) is 0.266. The van der Waals surface area contributed by atoms with Gasteiger partial charge in [0.25, 0.3) is 5.17 Å². The first-order chi connectivity index (χ1) is 17.3. The highest BCUT2D eigenvalue weighted by Crippen LogP contribution is 2.40. The molecule has 4 N–H and O–H groups in total. The van der Waals surface area contributed by atoms with Gasteiger partial charge >= 0.3 is 0 Å². The lowest BCUT2D eigenvalue weighted by molar-refractivity contribution is -0.0949. The van der Waals surface area contributed by atoms with Crippen LogP contribution in [0.5, 0.6) is 0 Å². The number of hydrogen-bond donors (Lipinski definition) is 4. The zero-order chi connectivity index (χ0) is 25.3. The molecular formula is C24H29ClN6O4S. The predicted molar refractivity (Wildman–Crippen MR) is 139 cm³/mol. The molecule has 4 atom stereocenters. The summed E-state index contributed by atoms with van der Waals surface area (Å²) in [5, 5.41) is 28.7. The number of fused-ring (bicyclic) bond motifs is 1. The van der Waals surface area contributed by atoms with Gasteiger partial charge in [-0.3, -0.25) is 4.57 Å². The minimum atomic E-state index is -1.66. The lowest BCUT2D eigenvalue weighted by Crippen LogP contribution is -2.44. The molecule has 0 radical (unpaired) electrons. The van der Waals surface area contributed by atoms with Gasteiger partial charge in [0.1, 0.15) is 24.4 Å². The van der Waals surface area contributed by atoms with Gasteiger partial charge in [0.05, 0.1) is 6.33 Å². The highest BCUT2D eigenvalue weighted by molar-refractivity contribution is 7.80. The van der Waals surface area contributed by atoms with Crippen molar-refractivity contribution in [3.05, 3.63) is 47.5 Å². The second kappa shape index (κ2) is 10.4. The van der Waals surface area contributed by atoms with Crippen LogP contribution in [-0.4, -0.2) is 65.4 Å². The molecule has 2 aromatic heterocycles. The number of halogens is 1. The summed E-state index contributed by atoms with van der Waals surface area (Å²) < 4.78 is 13.2. The van der Waals surface area contributed by atoms with Gasteiger partial charge in [-0.2, -0.15) is 9.97 Å². The van der Waals surface area contributed by atoms with Crippen molar-refractivity contribution < 1.29 is 19.7 Å².